The van der Waals surface area contributed by atoms with Gasteiger partial charge in [-0.3, -0.25) is 4.90 Å². The monoisotopic (exact) mass is 220 g/mol. The Hall–Kier alpha value is -2.04. The number of amides is 2. The van der Waals surface area contributed by atoms with Crippen molar-refractivity contribution in [2.24, 2.45) is 0 Å². The third-order valence-electron chi connectivity index (χ3n) is 2.69. The van der Waals surface area contributed by atoms with Gasteiger partial charge in [0, 0.05) is 19.2 Å². The van der Waals surface area contributed by atoms with E-state index in [9.17, 15) is 9.59 Å². The van der Waals surface area contributed by atoms with Crippen LogP contribution in [-0.4, -0.2) is 30.2 Å². The Labute approximate surface area is 92.7 Å². The van der Waals surface area contributed by atoms with Crippen LogP contribution in [0, 0.1) is 0 Å². The van der Waals surface area contributed by atoms with Crippen molar-refractivity contribution in [3.63, 3.8) is 0 Å². The van der Waals surface area contributed by atoms with E-state index in [0.717, 1.165) is 5.56 Å². The molecule has 1 aromatic carbocycles. The zero-order valence-corrected chi connectivity index (χ0v) is 8.80. The Balaban J connectivity index is 2.43. The number of fused-ring (bicyclic) bond motifs is 1. The van der Waals surface area contributed by atoms with Crippen LogP contribution in [0.2, 0.25) is 0 Å². The van der Waals surface area contributed by atoms with E-state index in [-0.39, 0.29) is 0 Å². The van der Waals surface area contributed by atoms with E-state index in [4.69, 9.17) is 5.11 Å². The fourth-order valence-corrected chi connectivity index (χ4v) is 1.96. The molecule has 0 aliphatic carbocycles. The highest BCUT2D eigenvalue weighted by molar-refractivity contribution is 6.00. The predicted molar refractivity (Wildman–Crippen MR) is 58.5 cm³/mol. The maximum atomic E-state index is 11.6. The fourth-order valence-electron chi connectivity index (χ4n) is 1.96. The highest BCUT2D eigenvalue weighted by atomic mass is 16.4. The standard InChI is InChI=1S/C11H12N2O3/c1-12-11(16)13-8-5-3-2-4-7(8)6-9(13)10(14)15/h2-5,9H,6H2,1H3,(H,12,16)(H,14,15)/t9-/m0/s1. The number of anilines is 1. The molecular weight excluding hydrogens is 208 g/mol. The first-order chi connectivity index (χ1) is 7.65. The van der Waals surface area contributed by atoms with Crippen LogP contribution in [0.1, 0.15) is 5.56 Å². The molecule has 0 saturated heterocycles. The van der Waals surface area contributed by atoms with Gasteiger partial charge in [-0.05, 0) is 11.6 Å². The van der Waals surface area contributed by atoms with E-state index in [0.29, 0.717) is 12.1 Å². The molecule has 2 rings (SSSR count). The second kappa shape index (κ2) is 3.84. The average molecular weight is 220 g/mol. The Morgan fingerprint density at radius 3 is 2.75 bits per heavy atom. The zero-order chi connectivity index (χ0) is 11.7. The van der Waals surface area contributed by atoms with Crippen molar-refractivity contribution in [3.8, 4) is 0 Å². The predicted octanol–water partition coefficient (Wildman–Crippen LogP) is 0.842. The number of benzene rings is 1. The minimum atomic E-state index is -0.986. The van der Waals surface area contributed by atoms with Crippen LogP contribution in [-0.2, 0) is 11.2 Å². The molecule has 1 aliphatic rings. The van der Waals surface area contributed by atoms with Gasteiger partial charge in [0.05, 0.1) is 0 Å². The lowest BCUT2D eigenvalue weighted by molar-refractivity contribution is -0.138. The molecule has 1 atom stereocenters. The first-order valence-corrected chi connectivity index (χ1v) is 4.97. The molecule has 1 aromatic rings. The molecule has 0 spiro atoms. The number of aliphatic carboxylic acids is 1. The first-order valence-electron chi connectivity index (χ1n) is 4.97. The van der Waals surface area contributed by atoms with Gasteiger partial charge in [0.1, 0.15) is 6.04 Å². The topological polar surface area (TPSA) is 69.6 Å². The summed E-state index contributed by atoms with van der Waals surface area (Å²) in [5, 5.41) is 11.5. The number of urea groups is 1. The number of carboxylic acids is 1. The van der Waals surface area contributed by atoms with Crippen molar-refractivity contribution in [1.29, 1.82) is 0 Å². The number of hydrogen-bond donors (Lipinski definition) is 2. The Morgan fingerprint density at radius 2 is 2.12 bits per heavy atom. The summed E-state index contributed by atoms with van der Waals surface area (Å²) >= 11 is 0. The normalized spacial score (nSPS) is 18.1. The molecule has 1 heterocycles. The highest BCUT2D eigenvalue weighted by Gasteiger charge is 2.37. The second-order valence-electron chi connectivity index (χ2n) is 3.61. The summed E-state index contributed by atoms with van der Waals surface area (Å²) in [6.45, 7) is 0. The number of nitrogens with zero attached hydrogens (tertiary/aromatic N) is 1. The largest absolute Gasteiger partial charge is 0.480 e. The number of hydrogen-bond acceptors (Lipinski definition) is 2. The molecule has 0 bridgehead atoms. The molecule has 1 aliphatic heterocycles. The van der Waals surface area contributed by atoms with Crippen molar-refractivity contribution < 1.29 is 14.7 Å². The van der Waals surface area contributed by atoms with Crippen molar-refractivity contribution in [1.82, 2.24) is 5.32 Å². The molecule has 16 heavy (non-hydrogen) atoms. The van der Waals surface area contributed by atoms with Crippen LogP contribution in [0.3, 0.4) is 0 Å². The number of nitrogens with one attached hydrogen (secondary N) is 1. The summed E-state index contributed by atoms with van der Waals surface area (Å²) in [4.78, 5) is 24.0. The molecule has 5 nitrogen and oxygen atoms in total. The summed E-state index contributed by atoms with van der Waals surface area (Å²) in [7, 11) is 1.49. The van der Waals surface area contributed by atoms with Gasteiger partial charge in [-0.2, -0.15) is 0 Å². The maximum Gasteiger partial charge on any atom is 0.327 e. The van der Waals surface area contributed by atoms with Gasteiger partial charge in [0.2, 0.25) is 0 Å². The van der Waals surface area contributed by atoms with Crippen molar-refractivity contribution >= 4 is 17.7 Å². The van der Waals surface area contributed by atoms with Crippen molar-refractivity contribution in [3.05, 3.63) is 29.8 Å². The zero-order valence-electron chi connectivity index (χ0n) is 8.80. The van der Waals surface area contributed by atoms with Gasteiger partial charge >= 0.3 is 12.0 Å². The summed E-state index contributed by atoms with van der Waals surface area (Å²) in [6.07, 6.45) is 0.360. The summed E-state index contributed by atoms with van der Waals surface area (Å²) in [6, 6.07) is 6.03. The third kappa shape index (κ3) is 1.50. The molecule has 2 N–H and O–H groups in total. The fraction of sp³-hybridized carbons (Fsp3) is 0.273. The quantitative estimate of drug-likeness (QED) is 0.736. The maximum absolute atomic E-state index is 11.6. The molecule has 0 fully saturated rings. The minimum absolute atomic E-state index is 0.360. The van der Waals surface area contributed by atoms with Crippen LogP contribution in [0.15, 0.2) is 24.3 Å². The smallest absolute Gasteiger partial charge is 0.327 e. The molecular formula is C11H12N2O3. The molecule has 84 valence electrons. The first kappa shape index (κ1) is 10.5. The van der Waals surface area contributed by atoms with Gasteiger partial charge in [0.15, 0.2) is 0 Å². The van der Waals surface area contributed by atoms with E-state index in [2.05, 4.69) is 5.32 Å². The van der Waals surface area contributed by atoms with Crippen LogP contribution < -0.4 is 10.2 Å². The molecule has 0 radical (unpaired) electrons. The number of carbonyl (C=O) groups is 2. The summed E-state index contributed by atoms with van der Waals surface area (Å²) in [5.41, 5.74) is 1.56. The number of rotatable bonds is 1. The van der Waals surface area contributed by atoms with E-state index < -0.39 is 18.0 Å². The highest BCUT2D eigenvalue weighted by Crippen LogP contribution is 2.31. The van der Waals surface area contributed by atoms with Crippen molar-refractivity contribution in [2.75, 3.05) is 11.9 Å². The van der Waals surface area contributed by atoms with Crippen LogP contribution in [0.4, 0.5) is 10.5 Å². The van der Waals surface area contributed by atoms with Crippen LogP contribution >= 0.6 is 0 Å². The lowest BCUT2D eigenvalue weighted by atomic mass is 10.1. The van der Waals surface area contributed by atoms with E-state index in [1.54, 1.807) is 12.1 Å². The number of carboxylic acid groups (broad SMARTS) is 1. The van der Waals surface area contributed by atoms with E-state index in [1.807, 2.05) is 12.1 Å². The van der Waals surface area contributed by atoms with Gasteiger partial charge in [-0.25, -0.2) is 9.59 Å². The van der Waals surface area contributed by atoms with E-state index in [1.165, 1.54) is 11.9 Å². The summed E-state index contributed by atoms with van der Waals surface area (Å²) in [5.74, 6) is -0.986. The summed E-state index contributed by atoms with van der Waals surface area (Å²) < 4.78 is 0. The molecule has 0 aromatic heterocycles. The second-order valence-corrected chi connectivity index (χ2v) is 3.61. The van der Waals surface area contributed by atoms with Crippen LogP contribution in [0.25, 0.3) is 0 Å². The Kier molecular flexibility index (Phi) is 2.52. The minimum Gasteiger partial charge on any atom is -0.480 e. The van der Waals surface area contributed by atoms with Crippen LogP contribution in [0.5, 0.6) is 0 Å². The Bertz CT molecular complexity index is 445. The van der Waals surface area contributed by atoms with Gasteiger partial charge < -0.3 is 10.4 Å². The molecule has 0 unspecified atom stereocenters. The molecule has 0 saturated carbocycles. The SMILES string of the molecule is CNC(=O)N1c2ccccc2C[C@H]1C(=O)O. The van der Waals surface area contributed by atoms with Gasteiger partial charge in [-0.1, -0.05) is 18.2 Å². The van der Waals surface area contributed by atoms with Gasteiger partial charge in [0.25, 0.3) is 0 Å². The molecule has 2 amide bonds. The lowest BCUT2D eigenvalue weighted by Crippen LogP contribution is -2.46. The van der Waals surface area contributed by atoms with Crippen molar-refractivity contribution in [2.45, 2.75) is 12.5 Å². The van der Waals surface area contributed by atoms with E-state index >= 15 is 0 Å². The average Bonchev–Trinajstić information content (AvgIpc) is 2.67. The van der Waals surface area contributed by atoms with Gasteiger partial charge in [-0.15, -0.1) is 0 Å². The lowest BCUT2D eigenvalue weighted by Gasteiger charge is -2.21. The molecule has 5 heteroatoms. The third-order valence-corrected chi connectivity index (χ3v) is 2.69. The Morgan fingerprint density at radius 1 is 1.44 bits per heavy atom. The number of para-hydroxylation sites is 1. The number of carbonyl (C=O) groups excluding carboxylic acids is 1.